The van der Waals surface area contributed by atoms with Crippen LogP contribution in [0.2, 0.25) is 0 Å². The van der Waals surface area contributed by atoms with E-state index in [2.05, 4.69) is 15.5 Å². The number of hydrogen-bond donors (Lipinski definition) is 2. The quantitative estimate of drug-likeness (QED) is 0.260. The van der Waals surface area contributed by atoms with Gasteiger partial charge in [-0.2, -0.15) is 0 Å². The molecular formula is C18H17N5O5S. The molecule has 11 heteroatoms. The fourth-order valence-corrected chi connectivity index (χ4v) is 3.22. The maximum Gasteiger partial charge on any atom is 0.312 e. The van der Waals surface area contributed by atoms with E-state index in [1.54, 1.807) is 18.7 Å². The number of anilines is 1. The number of nitrogens with zero attached hydrogens (tertiary/aromatic N) is 4. The molecule has 0 saturated carbocycles. The molecule has 2 aromatic carbocycles. The Morgan fingerprint density at radius 1 is 1.28 bits per heavy atom. The van der Waals surface area contributed by atoms with Gasteiger partial charge in [0.25, 0.3) is 0 Å². The molecule has 1 amide bonds. The summed E-state index contributed by atoms with van der Waals surface area (Å²) in [6, 6.07) is 11.0. The summed E-state index contributed by atoms with van der Waals surface area (Å²) in [6.07, 6.45) is 0. The number of aromatic hydroxyl groups is 1. The van der Waals surface area contributed by atoms with Gasteiger partial charge in [0, 0.05) is 24.4 Å². The molecular weight excluding hydrogens is 398 g/mol. The standard InChI is InChI=1S/C18H17N5O5S/c1-22-17(11-3-6-13(28-2)7-4-11)20-21-18(22)29-10-16(25)19-12-5-8-15(24)14(9-12)23(26)27/h3-9,24H,10H2,1-2H3,(H,19,25). The summed E-state index contributed by atoms with van der Waals surface area (Å²) in [5.41, 5.74) is 0.596. The fourth-order valence-electron chi connectivity index (χ4n) is 2.51. The number of carbonyl (C=O) groups excluding carboxylic acids is 1. The van der Waals surface area contributed by atoms with E-state index < -0.39 is 16.4 Å². The van der Waals surface area contributed by atoms with Crippen LogP contribution in [0.5, 0.6) is 11.5 Å². The van der Waals surface area contributed by atoms with Crippen molar-refractivity contribution < 1.29 is 19.6 Å². The Labute approximate surface area is 169 Å². The molecule has 0 aliphatic heterocycles. The molecule has 0 radical (unpaired) electrons. The number of phenols is 1. The largest absolute Gasteiger partial charge is 0.502 e. The molecule has 0 saturated heterocycles. The monoisotopic (exact) mass is 415 g/mol. The van der Waals surface area contributed by atoms with Gasteiger partial charge < -0.3 is 19.7 Å². The first kappa shape index (κ1) is 20.1. The lowest BCUT2D eigenvalue weighted by atomic mass is 10.2. The number of thioether (sulfide) groups is 1. The first-order chi connectivity index (χ1) is 13.9. The smallest absolute Gasteiger partial charge is 0.312 e. The molecule has 0 atom stereocenters. The topological polar surface area (TPSA) is 132 Å². The highest BCUT2D eigenvalue weighted by atomic mass is 32.2. The number of phenolic OH excluding ortho intramolecular Hbond substituents is 1. The number of aromatic nitrogens is 3. The number of methoxy groups -OCH3 is 1. The molecule has 0 aliphatic carbocycles. The maximum atomic E-state index is 12.2. The first-order valence-electron chi connectivity index (χ1n) is 8.33. The molecule has 10 nitrogen and oxygen atoms in total. The van der Waals surface area contributed by atoms with Crippen molar-refractivity contribution in [1.82, 2.24) is 14.8 Å². The van der Waals surface area contributed by atoms with E-state index >= 15 is 0 Å². The van der Waals surface area contributed by atoms with Gasteiger partial charge in [-0.05, 0) is 36.4 Å². The number of nitro benzene ring substituents is 1. The van der Waals surface area contributed by atoms with Crippen molar-refractivity contribution in [2.75, 3.05) is 18.2 Å². The predicted molar refractivity (Wildman–Crippen MR) is 107 cm³/mol. The summed E-state index contributed by atoms with van der Waals surface area (Å²) in [5.74, 6) is 0.571. The third kappa shape index (κ3) is 4.63. The van der Waals surface area contributed by atoms with Gasteiger partial charge in [0.15, 0.2) is 16.7 Å². The van der Waals surface area contributed by atoms with Crippen LogP contribution >= 0.6 is 11.8 Å². The highest BCUT2D eigenvalue weighted by Crippen LogP contribution is 2.29. The number of nitro groups is 1. The second-order valence-electron chi connectivity index (χ2n) is 5.89. The molecule has 2 N–H and O–H groups in total. The van der Waals surface area contributed by atoms with Crippen LogP contribution in [0, 0.1) is 10.1 Å². The van der Waals surface area contributed by atoms with E-state index in [4.69, 9.17) is 4.74 Å². The van der Waals surface area contributed by atoms with Crippen molar-refractivity contribution in [3.8, 4) is 22.9 Å². The minimum atomic E-state index is -0.722. The van der Waals surface area contributed by atoms with Crippen molar-refractivity contribution in [2.45, 2.75) is 5.16 Å². The molecule has 1 aromatic heterocycles. The first-order valence-corrected chi connectivity index (χ1v) is 9.31. The molecule has 1 heterocycles. The number of ether oxygens (including phenoxy) is 1. The SMILES string of the molecule is COc1ccc(-c2nnc(SCC(=O)Nc3ccc(O)c([N+](=O)[O-])c3)n2C)cc1. The summed E-state index contributed by atoms with van der Waals surface area (Å²) >= 11 is 1.18. The summed E-state index contributed by atoms with van der Waals surface area (Å²) in [4.78, 5) is 22.3. The molecule has 29 heavy (non-hydrogen) atoms. The van der Waals surface area contributed by atoms with Gasteiger partial charge in [0.2, 0.25) is 5.91 Å². The Balaban J connectivity index is 1.64. The van der Waals surface area contributed by atoms with E-state index in [0.717, 1.165) is 23.4 Å². The average molecular weight is 415 g/mol. The van der Waals surface area contributed by atoms with Crippen LogP contribution in [0.1, 0.15) is 0 Å². The Morgan fingerprint density at radius 3 is 2.66 bits per heavy atom. The van der Waals surface area contributed by atoms with Crippen molar-refractivity contribution in [3.63, 3.8) is 0 Å². The third-order valence-electron chi connectivity index (χ3n) is 3.97. The van der Waals surface area contributed by atoms with Gasteiger partial charge in [-0.25, -0.2) is 0 Å². The molecule has 0 aliphatic rings. The summed E-state index contributed by atoms with van der Waals surface area (Å²) in [7, 11) is 3.39. The Kier molecular flexibility index (Phi) is 5.98. The second kappa shape index (κ2) is 8.61. The van der Waals surface area contributed by atoms with Crippen molar-refractivity contribution >= 4 is 29.0 Å². The Hall–Kier alpha value is -3.60. The second-order valence-corrected chi connectivity index (χ2v) is 6.83. The average Bonchev–Trinajstić information content (AvgIpc) is 3.08. The number of hydrogen-bond acceptors (Lipinski definition) is 8. The number of rotatable bonds is 7. The zero-order chi connectivity index (χ0) is 21.0. The molecule has 0 bridgehead atoms. The van der Waals surface area contributed by atoms with Gasteiger partial charge in [-0.3, -0.25) is 14.9 Å². The zero-order valence-electron chi connectivity index (χ0n) is 15.5. The number of amides is 1. The fraction of sp³-hybridized carbons (Fsp3) is 0.167. The van der Waals surface area contributed by atoms with Crippen LogP contribution in [0.25, 0.3) is 11.4 Å². The van der Waals surface area contributed by atoms with Crippen LogP contribution in [0.15, 0.2) is 47.6 Å². The lowest BCUT2D eigenvalue weighted by Gasteiger charge is -2.06. The van der Waals surface area contributed by atoms with Gasteiger partial charge in [0.1, 0.15) is 5.75 Å². The van der Waals surface area contributed by atoms with Crippen molar-refractivity contribution in [1.29, 1.82) is 0 Å². The van der Waals surface area contributed by atoms with Crippen molar-refractivity contribution in [2.24, 2.45) is 7.05 Å². The Morgan fingerprint density at radius 2 is 2.00 bits per heavy atom. The number of carbonyl (C=O) groups is 1. The van der Waals surface area contributed by atoms with Crippen LogP contribution in [0.3, 0.4) is 0 Å². The van der Waals surface area contributed by atoms with E-state index in [-0.39, 0.29) is 17.3 Å². The zero-order valence-corrected chi connectivity index (χ0v) is 16.3. The van der Waals surface area contributed by atoms with E-state index in [1.165, 1.54) is 17.8 Å². The molecule has 150 valence electrons. The molecule has 0 fully saturated rings. The number of benzene rings is 2. The van der Waals surface area contributed by atoms with Crippen LogP contribution in [-0.4, -0.2) is 43.6 Å². The summed E-state index contributed by atoms with van der Waals surface area (Å²) < 4.78 is 6.91. The van der Waals surface area contributed by atoms with E-state index in [0.29, 0.717) is 11.0 Å². The number of nitrogens with one attached hydrogen (secondary N) is 1. The van der Waals surface area contributed by atoms with Crippen molar-refractivity contribution in [3.05, 3.63) is 52.6 Å². The van der Waals surface area contributed by atoms with Crippen LogP contribution < -0.4 is 10.1 Å². The van der Waals surface area contributed by atoms with Gasteiger partial charge in [-0.15, -0.1) is 10.2 Å². The van der Waals surface area contributed by atoms with E-state index in [1.807, 2.05) is 24.3 Å². The minimum absolute atomic E-state index is 0.0310. The molecule has 0 unspecified atom stereocenters. The lowest BCUT2D eigenvalue weighted by molar-refractivity contribution is -0.385. The maximum absolute atomic E-state index is 12.2. The van der Waals surface area contributed by atoms with Gasteiger partial charge in [0.05, 0.1) is 17.8 Å². The van der Waals surface area contributed by atoms with Gasteiger partial charge >= 0.3 is 5.69 Å². The summed E-state index contributed by atoms with van der Waals surface area (Å²) in [5, 5.41) is 31.7. The van der Waals surface area contributed by atoms with E-state index in [9.17, 15) is 20.0 Å². The minimum Gasteiger partial charge on any atom is -0.502 e. The Bertz CT molecular complexity index is 1050. The normalized spacial score (nSPS) is 10.6. The van der Waals surface area contributed by atoms with Crippen LogP contribution in [0.4, 0.5) is 11.4 Å². The third-order valence-corrected chi connectivity index (χ3v) is 4.99. The molecule has 3 rings (SSSR count). The van der Waals surface area contributed by atoms with Crippen LogP contribution in [-0.2, 0) is 11.8 Å². The highest BCUT2D eigenvalue weighted by molar-refractivity contribution is 7.99. The highest BCUT2D eigenvalue weighted by Gasteiger charge is 2.16. The molecule has 0 spiro atoms. The lowest BCUT2D eigenvalue weighted by Crippen LogP contribution is -2.14. The predicted octanol–water partition coefficient (Wildman–Crippen LogP) is 2.84. The summed E-state index contributed by atoms with van der Waals surface area (Å²) in [6.45, 7) is 0. The molecule has 3 aromatic rings. The van der Waals surface area contributed by atoms with Gasteiger partial charge in [-0.1, -0.05) is 11.8 Å².